The number of thioether (sulfide) groups is 1. The molecule has 0 fully saturated rings. The second kappa shape index (κ2) is 20.2. The van der Waals surface area contributed by atoms with Crippen LogP contribution in [0, 0.1) is 13.8 Å². The molecule has 5 heterocycles. The molecule has 7 rings (SSSR count). The van der Waals surface area contributed by atoms with Crippen LogP contribution in [-0.4, -0.2) is 88.6 Å². The van der Waals surface area contributed by atoms with E-state index in [0.29, 0.717) is 70.4 Å². The van der Waals surface area contributed by atoms with Crippen LogP contribution in [0.2, 0.25) is 0 Å². The van der Waals surface area contributed by atoms with Gasteiger partial charge in [-0.15, -0.1) is 43.1 Å². The van der Waals surface area contributed by atoms with Gasteiger partial charge < -0.3 is 29.9 Å². The first-order valence-corrected chi connectivity index (χ1v) is 25.6. The first-order valence-electron chi connectivity index (χ1n) is 19.7. The molecule has 63 heavy (non-hydrogen) atoms. The number of aromatic nitrogens is 5. The molecule has 3 N–H and O–H groups in total. The number of rotatable bonds is 20. The van der Waals surface area contributed by atoms with Gasteiger partial charge in [-0.3, -0.25) is 4.55 Å². The van der Waals surface area contributed by atoms with Gasteiger partial charge in [0.2, 0.25) is 11.9 Å². The molecule has 2 aromatic carbocycles. The molecule has 0 aliphatic rings. The van der Waals surface area contributed by atoms with E-state index >= 15 is 0 Å². The number of nitrogens with one attached hydrogen (secondary N) is 2. The third kappa shape index (κ3) is 10.5. The Bertz CT molecular complexity index is 2730. The Morgan fingerprint density at radius 1 is 0.698 bits per heavy atom. The monoisotopic (exact) mass is 967 g/mol. The molecule has 18 nitrogen and oxygen atoms in total. The van der Waals surface area contributed by atoms with Crippen LogP contribution >= 0.6 is 57.5 Å². The summed E-state index contributed by atoms with van der Waals surface area (Å²) in [6, 6.07) is 7.42. The summed E-state index contributed by atoms with van der Waals surface area (Å²) in [6.45, 7) is 15.1. The van der Waals surface area contributed by atoms with Crippen LogP contribution in [-0.2, 0) is 10.1 Å². The van der Waals surface area contributed by atoms with Gasteiger partial charge in [0.15, 0.2) is 15.2 Å². The average molecular weight is 968 g/mol. The van der Waals surface area contributed by atoms with E-state index in [2.05, 4.69) is 77.1 Å². The quantitative estimate of drug-likeness (QED) is 0.0368. The maximum absolute atomic E-state index is 11.7. The molecule has 0 amide bonds. The fourth-order valence-electron chi connectivity index (χ4n) is 6.55. The maximum Gasteiger partial charge on any atom is 0.265 e. The van der Waals surface area contributed by atoms with E-state index < -0.39 is 15.9 Å². The lowest BCUT2D eigenvalue weighted by Crippen LogP contribution is -2.22. The predicted octanol–water partition coefficient (Wildman–Crippen LogP) is 11.8. The van der Waals surface area contributed by atoms with E-state index in [1.165, 1.54) is 23.1 Å². The molecule has 0 aliphatic heterocycles. The predicted molar refractivity (Wildman–Crippen MR) is 259 cm³/mol. The van der Waals surface area contributed by atoms with Crippen molar-refractivity contribution in [2.24, 2.45) is 20.5 Å². The summed E-state index contributed by atoms with van der Waals surface area (Å²) >= 11 is 6.70. The molecule has 0 unspecified atom stereocenters. The molecule has 0 saturated heterocycles. The summed E-state index contributed by atoms with van der Waals surface area (Å²) in [7, 11) is -1.04. The second-order valence-corrected chi connectivity index (χ2v) is 19.5. The summed E-state index contributed by atoms with van der Waals surface area (Å²) in [5.74, 6) is 0.881. The molecular formula is C39H45N13O5S6. The molecule has 0 aliphatic carbocycles. The normalized spacial score (nSPS) is 12.0. The Balaban J connectivity index is 1.34. The van der Waals surface area contributed by atoms with Crippen molar-refractivity contribution in [1.82, 2.24) is 23.7 Å². The largest absolute Gasteiger partial charge is 0.494 e. The minimum atomic E-state index is -4.26. The number of azo groups is 2. The lowest BCUT2D eigenvalue weighted by atomic mass is 10.2. The average Bonchev–Trinajstić information content (AvgIpc) is 4.05. The SMILES string of the molecule is CCN(CC)c1cc(Nc2nc(Nc3cc(N(CC)CC)c(OC)cc3/N=N/c3snc4scc(C)c34)nc(SCCS(=O)(=O)O)n2)c(/N=N/c2snc3scc(C)c23)cc1OC. The van der Waals surface area contributed by atoms with Crippen molar-refractivity contribution in [3.8, 4) is 11.5 Å². The molecule has 7 aromatic rings. The zero-order valence-corrected chi connectivity index (χ0v) is 40.6. The standard InChI is InChI=1S/C39H45N13O5S6/c1-9-51(10-2)27-15-23(25(17-29(27)56-7)45-47-33-31-21(5)19-59-35(31)49-61-33)40-37-42-38(44-39(43-37)58-13-14-63(53,54)55)41-24-16-28(52(11-3)12-4)30(57-8)18-26(24)46-48-34-32-22(6)20-60-36(32)50-62-34/h15-20H,9-14H2,1-8H3,(H,53,54,55)(H2,40,41,42,43,44)/b47-45+,48-46+. The Morgan fingerprint density at radius 3 is 1.54 bits per heavy atom. The van der Waals surface area contributed by atoms with E-state index in [1.54, 1.807) is 49.0 Å². The highest BCUT2D eigenvalue weighted by Crippen LogP contribution is 2.45. The topological polar surface area (TPSA) is 217 Å². The highest BCUT2D eigenvalue weighted by Gasteiger charge is 2.21. The molecule has 0 saturated carbocycles. The summed E-state index contributed by atoms with van der Waals surface area (Å²) < 4.78 is 53.8. The Kier molecular flexibility index (Phi) is 14.7. The Labute approximate surface area is 385 Å². The third-order valence-electron chi connectivity index (χ3n) is 9.75. The highest BCUT2D eigenvalue weighted by atomic mass is 32.2. The number of aryl methyl sites for hydroxylation is 2. The Morgan fingerprint density at radius 2 is 1.14 bits per heavy atom. The first-order chi connectivity index (χ1) is 30.4. The van der Waals surface area contributed by atoms with E-state index in [-0.39, 0.29) is 22.8 Å². The van der Waals surface area contributed by atoms with Gasteiger partial charge in [-0.25, -0.2) is 0 Å². The van der Waals surface area contributed by atoms with Crippen molar-refractivity contribution < 1.29 is 22.4 Å². The number of benzene rings is 2. The van der Waals surface area contributed by atoms with E-state index in [1.807, 2.05) is 36.7 Å². The van der Waals surface area contributed by atoms with Crippen LogP contribution in [0.15, 0.2) is 60.6 Å². The summed E-state index contributed by atoms with van der Waals surface area (Å²) in [5.41, 5.74) is 5.65. The number of anilines is 6. The number of hydrogen-bond donors (Lipinski definition) is 3. The van der Waals surface area contributed by atoms with Gasteiger partial charge in [-0.05, 0) is 98.6 Å². The van der Waals surface area contributed by atoms with Crippen LogP contribution in [0.25, 0.3) is 20.4 Å². The van der Waals surface area contributed by atoms with Crippen molar-refractivity contribution in [2.45, 2.75) is 46.7 Å². The second-order valence-electron chi connectivity index (χ2n) is 13.6. The zero-order valence-electron chi connectivity index (χ0n) is 35.7. The number of ether oxygens (including phenoxy) is 2. The van der Waals surface area contributed by atoms with Crippen molar-refractivity contribution in [3.63, 3.8) is 0 Å². The van der Waals surface area contributed by atoms with Crippen LogP contribution in [0.1, 0.15) is 38.8 Å². The molecule has 0 atom stereocenters. The highest BCUT2D eigenvalue weighted by molar-refractivity contribution is 8.00. The lowest BCUT2D eigenvalue weighted by molar-refractivity contribution is 0.414. The molecule has 0 radical (unpaired) electrons. The smallest absolute Gasteiger partial charge is 0.265 e. The number of fused-ring (bicyclic) bond motifs is 2. The third-order valence-corrected chi connectivity index (χ3v) is 15.3. The molecule has 24 heteroatoms. The first kappa shape index (κ1) is 45.9. The summed E-state index contributed by atoms with van der Waals surface area (Å²) in [5, 5.41) is 33.0. The molecule has 5 aromatic heterocycles. The number of hydrogen-bond acceptors (Lipinski definition) is 22. The van der Waals surface area contributed by atoms with E-state index in [4.69, 9.17) is 24.7 Å². The van der Waals surface area contributed by atoms with Crippen LogP contribution in [0.5, 0.6) is 11.5 Å². The van der Waals surface area contributed by atoms with Gasteiger partial charge in [0.25, 0.3) is 10.1 Å². The van der Waals surface area contributed by atoms with Crippen LogP contribution in [0.3, 0.4) is 0 Å². The Hall–Kier alpha value is -5.11. The van der Waals surface area contributed by atoms with Gasteiger partial charge in [0, 0.05) is 44.1 Å². The van der Waals surface area contributed by atoms with Gasteiger partial charge in [-0.1, -0.05) is 11.8 Å². The molecule has 0 bridgehead atoms. The van der Waals surface area contributed by atoms with Gasteiger partial charge in [0.05, 0.1) is 53.5 Å². The van der Waals surface area contributed by atoms with Crippen molar-refractivity contribution >= 4 is 144 Å². The van der Waals surface area contributed by atoms with Gasteiger partial charge >= 0.3 is 0 Å². The molecule has 332 valence electrons. The van der Waals surface area contributed by atoms with Gasteiger partial charge in [-0.2, -0.15) is 32.1 Å². The number of thiophene rings is 2. The molecule has 0 spiro atoms. The lowest BCUT2D eigenvalue weighted by Gasteiger charge is -2.25. The molecular weight excluding hydrogens is 923 g/mol. The van der Waals surface area contributed by atoms with Crippen molar-refractivity contribution in [3.05, 3.63) is 46.2 Å². The summed E-state index contributed by atoms with van der Waals surface area (Å²) in [4.78, 5) is 20.3. The van der Waals surface area contributed by atoms with Crippen molar-refractivity contribution in [1.29, 1.82) is 0 Å². The minimum absolute atomic E-state index is 0.0272. The van der Waals surface area contributed by atoms with Gasteiger partial charge in [0.1, 0.15) is 32.5 Å². The number of nitrogens with zero attached hydrogens (tertiary/aromatic N) is 11. The fourth-order valence-corrected chi connectivity index (χ4v) is 11.8. The summed E-state index contributed by atoms with van der Waals surface area (Å²) in [6.07, 6.45) is 0. The number of methoxy groups -OCH3 is 2. The van der Waals surface area contributed by atoms with Crippen molar-refractivity contribution in [2.75, 3.05) is 72.3 Å². The fraction of sp³-hybridized carbons (Fsp3) is 0.359. The zero-order chi connectivity index (χ0) is 44.8. The van der Waals surface area contributed by atoms with Crippen LogP contribution in [0.4, 0.5) is 56.0 Å². The van der Waals surface area contributed by atoms with E-state index in [0.717, 1.165) is 54.7 Å². The maximum atomic E-state index is 11.7. The van der Waals surface area contributed by atoms with E-state index in [9.17, 15) is 13.0 Å². The minimum Gasteiger partial charge on any atom is -0.494 e. The van der Waals surface area contributed by atoms with Crippen LogP contribution < -0.4 is 29.9 Å².